The lowest BCUT2D eigenvalue weighted by Crippen LogP contribution is -2.52. The van der Waals surface area contributed by atoms with Crippen molar-refractivity contribution in [2.75, 3.05) is 33.5 Å². The molecular weight excluding hydrogens is 244 g/mol. The molecule has 0 saturated carbocycles. The molecule has 1 aromatic rings. The van der Waals surface area contributed by atoms with E-state index in [1.807, 2.05) is 20.0 Å². The maximum Gasteiger partial charge on any atom is 0.231 e. The van der Waals surface area contributed by atoms with Crippen molar-refractivity contribution in [3.8, 4) is 11.5 Å². The fraction of sp³-hybridized carbons (Fsp3) is 0.500. The summed E-state index contributed by atoms with van der Waals surface area (Å²) in [5, 5.41) is 3.28. The number of hydrogen-bond acceptors (Lipinski definition) is 5. The average molecular weight is 262 g/mol. The number of piperazine rings is 1. The normalized spacial score (nSPS) is 22.5. The number of carbonyl (C=O) groups is 1. The molecule has 1 fully saturated rings. The molecule has 1 unspecified atom stereocenters. The monoisotopic (exact) mass is 262 g/mol. The fourth-order valence-corrected chi connectivity index (χ4v) is 2.57. The maximum atomic E-state index is 12.6. The standard InChI is InChI=1S/C14H18N2O3/c1-9-5-12-13(19-8-18-12)6-10(9)14(17)11-7-16(2)4-3-15-11/h5-6,11,15H,3-4,7-8H2,1-2H3. The summed E-state index contributed by atoms with van der Waals surface area (Å²) in [4.78, 5) is 14.7. The first kappa shape index (κ1) is 12.4. The van der Waals surface area contributed by atoms with Gasteiger partial charge in [-0.3, -0.25) is 4.79 Å². The summed E-state index contributed by atoms with van der Waals surface area (Å²) < 4.78 is 10.7. The molecule has 19 heavy (non-hydrogen) atoms. The number of ketones is 1. The van der Waals surface area contributed by atoms with Crippen LogP contribution in [0.1, 0.15) is 15.9 Å². The van der Waals surface area contributed by atoms with Crippen LogP contribution in [-0.4, -0.2) is 50.2 Å². The van der Waals surface area contributed by atoms with Gasteiger partial charge in [0.1, 0.15) is 0 Å². The minimum Gasteiger partial charge on any atom is -0.454 e. The van der Waals surface area contributed by atoms with E-state index in [1.165, 1.54) is 0 Å². The van der Waals surface area contributed by atoms with E-state index in [0.29, 0.717) is 5.75 Å². The molecule has 0 spiro atoms. The number of fused-ring (bicyclic) bond motifs is 1. The van der Waals surface area contributed by atoms with Crippen LogP contribution in [0.25, 0.3) is 0 Å². The Hall–Kier alpha value is -1.59. The number of ether oxygens (including phenoxy) is 2. The van der Waals surface area contributed by atoms with Gasteiger partial charge in [-0.05, 0) is 31.7 Å². The molecule has 5 nitrogen and oxygen atoms in total. The predicted molar refractivity (Wildman–Crippen MR) is 70.9 cm³/mol. The van der Waals surface area contributed by atoms with E-state index in [2.05, 4.69) is 10.2 Å². The molecule has 0 bridgehead atoms. The quantitative estimate of drug-likeness (QED) is 0.799. The molecule has 3 rings (SSSR count). The van der Waals surface area contributed by atoms with Crippen molar-refractivity contribution >= 4 is 5.78 Å². The third kappa shape index (κ3) is 2.31. The zero-order chi connectivity index (χ0) is 13.4. The summed E-state index contributed by atoms with van der Waals surface area (Å²) in [5.74, 6) is 1.52. The van der Waals surface area contributed by atoms with Crippen molar-refractivity contribution < 1.29 is 14.3 Å². The number of benzene rings is 1. The van der Waals surface area contributed by atoms with Crippen molar-refractivity contribution in [1.29, 1.82) is 0 Å². The number of Topliss-reactive ketones (excluding diaryl/α,β-unsaturated/α-hetero) is 1. The van der Waals surface area contributed by atoms with Crippen LogP contribution in [0.2, 0.25) is 0 Å². The highest BCUT2D eigenvalue weighted by atomic mass is 16.7. The number of nitrogens with one attached hydrogen (secondary N) is 1. The van der Waals surface area contributed by atoms with E-state index < -0.39 is 0 Å². The van der Waals surface area contributed by atoms with Gasteiger partial charge in [-0.1, -0.05) is 0 Å². The highest BCUT2D eigenvalue weighted by molar-refractivity contribution is 6.02. The number of aryl methyl sites for hydroxylation is 1. The van der Waals surface area contributed by atoms with E-state index in [-0.39, 0.29) is 18.6 Å². The van der Waals surface area contributed by atoms with Gasteiger partial charge in [-0.15, -0.1) is 0 Å². The van der Waals surface area contributed by atoms with Crippen LogP contribution in [0.4, 0.5) is 0 Å². The number of hydrogen-bond donors (Lipinski definition) is 1. The molecule has 1 aromatic carbocycles. The second-order valence-electron chi connectivity index (χ2n) is 5.15. The van der Waals surface area contributed by atoms with Gasteiger partial charge in [-0.2, -0.15) is 0 Å². The lowest BCUT2D eigenvalue weighted by molar-refractivity contribution is 0.0893. The molecule has 2 aliphatic rings. The Bertz CT molecular complexity index is 516. The molecule has 102 valence electrons. The van der Waals surface area contributed by atoms with Gasteiger partial charge in [0.05, 0.1) is 6.04 Å². The minimum absolute atomic E-state index is 0.127. The molecule has 0 aliphatic carbocycles. The smallest absolute Gasteiger partial charge is 0.231 e. The van der Waals surface area contributed by atoms with Crippen LogP contribution in [0.3, 0.4) is 0 Å². The van der Waals surface area contributed by atoms with Crippen LogP contribution in [-0.2, 0) is 0 Å². The topological polar surface area (TPSA) is 50.8 Å². The summed E-state index contributed by atoms with van der Waals surface area (Å²) in [6.07, 6.45) is 0. The number of nitrogens with zero attached hydrogens (tertiary/aromatic N) is 1. The van der Waals surface area contributed by atoms with E-state index in [4.69, 9.17) is 9.47 Å². The van der Waals surface area contributed by atoms with Gasteiger partial charge in [0.15, 0.2) is 17.3 Å². The van der Waals surface area contributed by atoms with E-state index in [1.54, 1.807) is 6.07 Å². The van der Waals surface area contributed by atoms with Crippen LogP contribution in [0.15, 0.2) is 12.1 Å². The second-order valence-corrected chi connectivity index (χ2v) is 5.15. The lowest BCUT2D eigenvalue weighted by Gasteiger charge is -2.30. The number of carbonyl (C=O) groups excluding carboxylic acids is 1. The molecule has 1 saturated heterocycles. The third-order valence-corrected chi connectivity index (χ3v) is 3.68. The van der Waals surface area contributed by atoms with Gasteiger partial charge in [0.2, 0.25) is 6.79 Å². The second kappa shape index (κ2) is 4.83. The summed E-state index contributed by atoms with van der Waals surface area (Å²) in [6.45, 7) is 4.73. The van der Waals surface area contributed by atoms with Crippen molar-refractivity contribution in [3.05, 3.63) is 23.3 Å². The van der Waals surface area contributed by atoms with Gasteiger partial charge in [0.25, 0.3) is 0 Å². The van der Waals surface area contributed by atoms with E-state index >= 15 is 0 Å². The fourth-order valence-electron chi connectivity index (χ4n) is 2.57. The SMILES string of the molecule is Cc1cc2c(cc1C(=O)C1CN(C)CCN1)OCO2. The predicted octanol–water partition coefficient (Wildman–Crippen LogP) is 0.810. The van der Waals surface area contributed by atoms with Crippen LogP contribution in [0, 0.1) is 6.92 Å². The highest BCUT2D eigenvalue weighted by Crippen LogP contribution is 2.35. The summed E-state index contributed by atoms with van der Waals surface area (Å²) >= 11 is 0. The number of rotatable bonds is 2. The molecule has 2 aliphatic heterocycles. The Balaban J connectivity index is 1.87. The summed E-state index contributed by atoms with van der Waals surface area (Å²) in [6, 6.07) is 3.54. The van der Waals surface area contributed by atoms with E-state index in [0.717, 1.165) is 36.5 Å². The lowest BCUT2D eigenvalue weighted by atomic mass is 9.97. The van der Waals surface area contributed by atoms with Crippen LogP contribution < -0.4 is 14.8 Å². The molecular formula is C14H18N2O3. The molecule has 5 heteroatoms. The molecule has 0 aromatic heterocycles. The largest absolute Gasteiger partial charge is 0.454 e. The van der Waals surface area contributed by atoms with Crippen molar-refractivity contribution in [1.82, 2.24) is 10.2 Å². The minimum atomic E-state index is -0.141. The van der Waals surface area contributed by atoms with Crippen molar-refractivity contribution in [2.45, 2.75) is 13.0 Å². The Kier molecular flexibility index (Phi) is 3.16. The Morgan fingerprint density at radius 1 is 1.37 bits per heavy atom. The van der Waals surface area contributed by atoms with Gasteiger partial charge >= 0.3 is 0 Å². The maximum absolute atomic E-state index is 12.6. The third-order valence-electron chi connectivity index (χ3n) is 3.68. The Labute approximate surface area is 112 Å². The first-order chi connectivity index (χ1) is 9.15. The van der Waals surface area contributed by atoms with E-state index in [9.17, 15) is 4.79 Å². The molecule has 0 amide bonds. The van der Waals surface area contributed by atoms with Crippen molar-refractivity contribution in [3.63, 3.8) is 0 Å². The van der Waals surface area contributed by atoms with Crippen LogP contribution in [0.5, 0.6) is 11.5 Å². The average Bonchev–Trinajstić information content (AvgIpc) is 2.84. The van der Waals surface area contributed by atoms with Gasteiger partial charge in [-0.25, -0.2) is 0 Å². The molecule has 2 heterocycles. The Morgan fingerprint density at radius 2 is 2.11 bits per heavy atom. The molecule has 1 atom stereocenters. The zero-order valence-electron chi connectivity index (χ0n) is 11.2. The van der Waals surface area contributed by atoms with Gasteiger partial charge in [0, 0.05) is 25.2 Å². The zero-order valence-corrected chi connectivity index (χ0v) is 11.2. The van der Waals surface area contributed by atoms with Crippen molar-refractivity contribution in [2.24, 2.45) is 0 Å². The highest BCUT2D eigenvalue weighted by Gasteiger charge is 2.27. The van der Waals surface area contributed by atoms with Crippen LogP contribution >= 0.6 is 0 Å². The molecule has 1 N–H and O–H groups in total. The first-order valence-corrected chi connectivity index (χ1v) is 6.51. The number of likely N-dealkylation sites (N-methyl/N-ethyl adjacent to an activating group) is 1. The first-order valence-electron chi connectivity index (χ1n) is 6.51. The van der Waals surface area contributed by atoms with Gasteiger partial charge < -0.3 is 19.7 Å². The summed E-state index contributed by atoms with van der Waals surface area (Å²) in [7, 11) is 2.04. The molecule has 0 radical (unpaired) electrons. The summed E-state index contributed by atoms with van der Waals surface area (Å²) in [5.41, 5.74) is 1.65. The Morgan fingerprint density at radius 3 is 2.84 bits per heavy atom.